The lowest BCUT2D eigenvalue weighted by Gasteiger charge is -2.41. The van der Waals surface area contributed by atoms with Gasteiger partial charge in [0, 0.05) is 24.7 Å². The van der Waals surface area contributed by atoms with Gasteiger partial charge in [-0.05, 0) is 49.3 Å². The van der Waals surface area contributed by atoms with Gasteiger partial charge in [0.2, 0.25) is 0 Å². The zero-order valence-corrected chi connectivity index (χ0v) is 14.8. The Bertz CT molecular complexity index is 693. The van der Waals surface area contributed by atoms with Crippen molar-refractivity contribution >= 4 is 16.9 Å². The Morgan fingerprint density at radius 3 is 2.71 bits per heavy atom. The van der Waals surface area contributed by atoms with Crippen molar-refractivity contribution in [2.75, 3.05) is 13.1 Å². The molecule has 3 rings (SSSR count). The Hall–Kier alpha value is -2.10. The van der Waals surface area contributed by atoms with Gasteiger partial charge in [-0.25, -0.2) is 4.99 Å². The molecule has 0 amide bonds. The summed E-state index contributed by atoms with van der Waals surface area (Å²) in [5.74, 6) is 0.915. The molecule has 0 spiro atoms. The molecule has 1 heterocycles. The second kappa shape index (κ2) is 7.65. The van der Waals surface area contributed by atoms with Crippen molar-refractivity contribution in [3.05, 3.63) is 42.1 Å². The predicted molar refractivity (Wildman–Crippen MR) is 101 cm³/mol. The number of nitrogens with zero attached hydrogens (tertiary/aromatic N) is 2. The number of hydrogen-bond acceptors (Lipinski definition) is 2. The summed E-state index contributed by atoms with van der Waals surface area (Å²) < 4.78 is 0. The largest absolute Gasteiger partial charge is 0.357 e. The summed E-state index contributed by atoms with van der Waals surface area (Å²) in [5.41, 5.74) is 2.73. The molecule has 4 nitrogen and oxygen atoms in total. The highest BCUT2D eigenvalue weighted by Crippen LogP contribution is 2.42. The first-order valence-corrected chi connectivity index (χ1v) is 9.11. The van der Waals surface area contributed by atoms with Crippen molar-refractivity contribution < 1.29 is 0 Å². The third kappa shape index (κ3) is 3.69. The summed E-state index contributed by atoms with van der Waals surface area (Å²) in [6, 6.07) is 10.3. The van der Waals surface area contributed by atoms with Crippen LogP contribution >= 0.6 is 0 Å². The van der Waals surface area contributed by atoms with Crippen molar-refractivity contribution in [1.82, 2.24) is 15.6 Å². The lowest BCUT2D eigenvalue weighted by atomic mass is 9.67. The van der Waals surface area contributed by atoms with Gasteiger partial charge in [0.1, 0.15) is 0 Å². The monoisotopic (exact) mass is 324 g/mol. The lowest BCUT2D eigenvalue weighted by molar-refractivity contribution is 0.131. The van der Waals surface area contributed by atoms with Gasteiger partial charge in [0.05, 0.1) is 12.1 Å². The fraction of sp³-hybridized carbons (Fsp3) is 0.500. The van der Waals surface area contributed by atoms with E-state index in [1.165, 1.54) is 36.6 Å². The Morgan fingerprint density at radius 2 is 2.00 bits per heavy atom. The number of hydrogen-bond donors (Lipinski definition) is 2. The summed E-state index contributed by atoms with van der Waals surface area (Å²) >= 11 is 0. The first-order valence-electron chi connectivity index (χ1n) is 9.11. The SMILES string of the molecule is CCNC(=NCc1ccnc2ccccc12)NCC1(CC)CCC1. The minimum atomic E-state index is 0.486. The second-order valence-corrected chi connectivity index (χ2v) is 6.74. The van der Waals surface area contributed by atoms with Crippen LogP contribution in [0.15, 0.2) is 41.5 Å². The molecule has 2 aromatic rings. The standard InChI is InChI=1S/C20H28N4/c1-3-20(11-7-12-20)15-24-19(21-4-2)23-14-16-10-13-22-18-9-6-5-8-17(16)18/h5-6,8-10,13H,3-4,7,11-12,14-15H2,1-2H3,(H2,21,23,24). The number of benzene rings is 1. The van der Waals surface area contributed by atoms with Crippen LogP contribution in [0.1, 0.15) is 45.1 Å². The molecule has 1 saturated carbocycles. The maximum atomic E-state index is 4.80. The molecule has 128 valence electrons. The topological polar surface area (TPSA) is 49.3 Å². The van der Waals surface area contributed by atoms with Crippen molar-refractivity contribution in [3.8, 4) is 0 Å². The molecule has 0 atom stereocenters. The van der Waals surface area contributed by atoms with E-state index in [1.807, 2.05) is 18.3 Å². The molecule has 0 radical (unpaired) electrons. The molecule has 1 aromatic heterocycles. The Balaban J connectivity index is 1.71. The third-order valence-corrected chi connectivity index (χ3v) is 5.29. The van der Waals surface area contributed by atoms with Gasteiger partial charge in [-0.15, -0.1) is 0 Å². The molecule has 24 heavy (non-hydrogen) atoms. The second-order valence-electron chi connectivity index (χ2n) is 6.74. The van der Waals surface area contributed by atoms with E-state index < -0.39 is 0 Å². The molecule has 0 aliphatic heterocycles. The van der Waals surface area contributed by atoms with Crippen LogP contribution < -0.4 is 10.6 Å². The Labute approximate surface area is 144 Å². The van der Waals surface area contributed by atoms with Crippen molar-refractivity contribution in [3.63, 3.8) is 0 Å². The van der Waals surface area contributed by atoms with Gasteiger partial charge in [0.25, 0.3) is 0 Å². The molecule has 0 saturated heterocycles. The quantitative estimate of drug-likeness (QED) is 0.626. The van der Waals surface area contributed by atoms with Crippen LogP contribution in [0.5, 0.6) is 0 Å². The van der Waals surface area contributed by atoms with Crippen LogP contribution in [-0.2, 0) is 6.54 Å². The van der Waals surface area contributed by atoms with E-state index in [0.717, 1.165) is 24.6 Å². The molecule has 1 aromatic carbocycles. The highest BCUT2D eigenvalue weighted by molar-refractivity contribution is 5.83. The van der Waals surface area contributed by atoms with Crippen LogP contribution in [0, 0.1) is 5.41 Å². The average Bonchev–Trinajstić information content (AvgIpc) is 2.59. The molecular weight excluding hydrogens is 296 g/mol. The number of rotatable bonds is 6. The first-order chi connectivity index (χ1) is 11.8. The summed E-state index contributed by atoms with van der Waals surface area (Å²) in [6.45, 7) is 6.97. The average molecular weight is 324 g/mol. The molecule has 2 N–H and O–H groups in total. The van der Waals surface area contributed by atoms with Crippen LogP contribution in [0.3, 0.4) is 0 Å². The van der Waals surface area contributed by atoms with Crippen LogP contribution in [0.25, 0.3) is 10.9 Å². The molecule has 1 aliphatic carbocycles. The summed E-state index contributed by atoms with van der Waals surface area (Å²) in [5, 5.41) is 8.11. The molecular formula is C20H28N4. The molecule has 1 aliphatic rings. The minimum absolute atomic E-state index is 0.486. The van der Waals surface area contributed by atoms with Gasteiger partial charge in [0.15, 0.2) is 5.96 Å². The Morgan fingerprint density at radius 1 is 1.17 bits per heavy atom. The van der Waals surface area contributed by atoms with Crippen molar-refractivity contribution in [1.29, 1.82) is 0 Å². The number of fused-ring (bicyclic) bond motifs is 1. The van der Waals surface area contributed by atoms with E-state index >= 15 is 0 Å². The number of aromatic nitrogens is 1. The molecule has 0 bridgehead atoms. The third-order valence-electron chi connectivity index (χ3n) is 5.29. The predicted octanol–water partition coefficient (Wildman–Crippen LogP) is 3.87. The zero-order chi connectivity index (χ0) is 16.8. The summed E-state index contributed by atoms with van der Waals surface area (Å²) in [7, 11) is 0. The fourth-order valence-electron chi connectivity index (χ4n) is 3.40. The normalized spacial score (nSPS) is 16.7. The van der Waals surface area contributed by atoms with E-state index in [0.29, 0.717) is 12.0 Å². The van der Waals surface area contributed by atoms with E-state index in [9.17, 15) is 0 Å². The fourth-order valence-corrected chi connectivity index (χ4v) is 3.40. The van der Waals surface area contributed by atoms with Gasteiger partial charge in [-0.3, -0.25) is 4.98 Å². The minimum Gasteiger partial charge on any atom is -0.357 e. The number of para-hydroxylation sites is 1. The highest BCUT2D eigenvalue weighted by Gasteiger charge is 2.34. The van der Waals surface area contributed by atoms with Gasteiger partial charge < -0.3 is 10.6 Å². The smallest absolute Gasteiger partial charge is 0.191 e. The lowest BCUT2D eigenvalue weighted by Crippen LogP contribution is -2.46. The first kappa shape index (κ1) is 16.7. The number of guanidine groups is 1. The maximum Gasteiger partial charge on any atom is 0.191 e. The van der Waals surface area contributed by atoms with Crippen LogP contribution in [0.2, 0.25) is 0 Å². The zero-order valence-electron chi connectivity index (χ0n) is 14.8. The van der Waals surface area contributed by atoms with Crippen molar-refractivity contribution in [2.24, 2.45) is 10.4 Å². The summed E-state index contributed by atoms with van der Waals surface area (Å²) in [6.07, 6.45) is 7.16. The number of pyridine rings is 1. The van der Waals surface area contributed by atoms with Crippen LogP contribution in [-0.4, -0.2) is 24.0 Å². The van der Waals surface area contributed by atoms with Gasteiger partial charge in [-0.2, -0.15) is 0 Å². The van der Waals surface area contributed by atoms with Gasteiger partial charge >= 0.3 is 0 Å². The maximum absolute atomic E-state index is 4.80. The Kier molecular flexibility index (Phi) is 5.34. The molecule has 0 unspecified atom stereocenters. The molecule has 1 fully saturated rings. The highest BCUT2D eigenvalue weighted by atomic mass is 15.2. The van der Waals surface area contributed by atoms with E-state index in [2.05, 4.69) is 47.7 Å². The number of nitrogens with one attached hydrogen (secondary N) is 2. The number of aliphatic imine (C=N–C) groups is 1. The van der Waals surface area contributed by atoms with E-state index in [1.54, 1.807) is 0 Å². The van der Waals surface area contributed by atoms with Crippen LogP contribution in [0.4, 0.5) is 0 Å². The van der Waals surface area contributed by atoms with E-state index in [-0.39, 0.29) is 0 Å². The van der Waals surface area contributed by atoms with Crippen molar-refractivity contribution in [2.45, 2.75) is 46.1 Å². The van der Waals surface area contributed by atoms with Gasteiger partial charge in [-0.1, -0.05) is 31.5 Å². The van der Waals surface area contributed by atoms with E-state index in [4.69, 9.17) is 4.99 Å². The summed E-state index contributed by atoms with van der Waals surface area (Å²) in [4.78, 5) is 9.22. The molecule has 4 heteroatoms.